The maximum atomic E-state index is 5.34. The first-order valence-corrected chi connectivity index (χ1v) is 5.24. The van der Waals surface area contributed by atoms with E-state index < -0.39 is 0 Å². The summed E-state index contributed by atoms with van der Waals surface area (Å²) in [4.78, 5) is 5.34. The Labute approximate surface area is 90.1 Å². The van der Waals surface area contributed by atoms with Crippen LogP contribution >= 0.6 is 0 Å². The quantitative estimate of drug-likeness (QED) is 0.813. The summed E-state index contributed by atoms with van der Waals surface area (Å²) < 4.78 is 0. The van der Waals surface area contributed by atoms with E-state index in [1.54, 1.807) is 0 Å². The van der Waals surface area contributed by atoms with Crippen LogP contribution in [0.3, 0.4) is 0 Å². The van der Waals surface area contributed by atoms with Crippen LogP contribution in [-0.2, 0) is 4.84 Å². The van der Waals surface area contributed by atoms with E-state index in [0.29, 0.717) is 0 Å². The monoisotopic (exact) mass is 204 g/mol. The van der Waals surface area contributed by atoms with Gasteiger partial charge in [0.15, 0.2) is 0 Å². The number of nitrogens with one attached hydrogen (secondary N) is 1. The molecule has 80 valence electrons. The number of oxime groups is 1. The summed E-state index contributed by atoms with van der Waals surface area (Å²) in [5.41, 5.74) is 3.52. The van der Waals surface area contributed by atoms with Gasteiger partial charge >= 0.3 is 0 Å². The summed E-state index contributed by atoms with van der Waals surface area (Å²) in [5, 5.41) is 7.24. The van der Waals surface area contributed by atoms with Gasteiger partial charge in [-0.05, 0) is 19.5 Å². The summed E-state index contributed by atoms with van der Waals surface area (Å²) in [6.45, 7) is 2.95. The van der Waals surface area contributed by atoms with E-state index in [0.717, 1.165) is 18.7 Å². The zero-order valence-corrected chi connectivity index (χ0v) is 9.16. The van der Waals surface area contributed by atoms with Gasteiger partial charge in [0.1, 0.15) is 6.10 Å². The first-order valence-electron chi connectivity index (χ1n) is 5.24. The third kappa shape index (κ3) is 2.18. The van der Waals surface area contributed by atoms with Gasteiger partial charge in [0.05, 0.1) is 5.71 Å². The van der Waals surface area contributed by atoms with Crippen molar-refractivity contribution in [1.29, 1.82) is 0 Å². The van der Waals surface area contributed by atoms with Crippen LogP contribution < -0.4 is 5.32 Å². The molecule has 3 nitrogen and oxygen atoms in total. The maximum Gasteiger partial charge on any atom is 0.145 e. The molecule has 1 aliphatic rings. The number of hydrogen-bond acceptors (Lipinski definition) is 3. The van der Waals surface area contributed by atoms with Crippen molar-refractivity contribution in [3.8, 4) is 0 Å². The largest absolute Gasteiger partial charge is 0.390 e. The van der Waals surface area contributed by atoms with Gasteiger partial charge in [-0.25, -0.2) is 0 Å². The predicted octanol–water partition coefficient (Wildman–Crippen LogP) is 1.71. The van der Waals surface area contributed by atoms with Gasteiger partial charge in [0.25, 0.3) is 0 Å². The molecule has 3 heteroatoms. The molecule has 1 aromatic rings. The van der Waals surface area contributed by atoms with E-state index in [2.05, 4.69) is 29.5 Å². The molecule has 0 saturated carbocycles. The lowest BCUT2D eigenvalue weighted by atomic mass is 10.0. The molecule has 0 saturated heterocycles. The second-order valence-electron chi connectivity index (χ2n) is 3.84. The fourth-order valence-electron chi connectivity index (χ4n) is 1.82. The van der Waals surface area contributed by atoms with E-state index in [1.807, 2.05) is 19.2 Å². The molecule has 0 radical (unpaired) electrons. The number of nitrogens with zero attached hydrogens (tertiary/aromatic N) is 1. The Balaban J connectivity index is 2.11. The molecule has 0 aliphatic carbocycles. The van der Waals surface area contributed by atoms with Crippen molar-refractivity contribution in [2.75, 3.05) is 13.6 Å². The van der Waals surface area contributed by atoms with Crippen molar-refractivity contribution < 1.29 is 4.84 Å². The second-order valence-corrected chi connectivity index (χ2v) is 3.84. The van der Waals surface area contributed by atoms with Gasteiger partial charge in [0.2, 0.25) is 0 Å². The molecule has 0 amide bonds. The lowest BCUT2D eigenvalue weighted by molar-refractivity contribution is 0.0866. The zero-order chi connectivity index (χ0) is 10.7. The average molecular weight is 204 g/mol. The summed E-state index contributed by atoms with van der Waals surface area (Å²) >= 11 is 0. The minimum absolute atomic E-state index is 0.185. The van der Waals surface area contributed by atoms with E-state index in [1.165, 1.54) is 11.1 Å². The van der Waals surface area contributed by atoms with Crippen LogP contribution in [0.5, 0.6) is 0 Å². The summed E-state index contributed by atoms with van der Waals surface area (Å²) in [5.74, 6) is 0. The highest BCUT2D eigenvalue weighted by molar-refractivity contribution is 6.02. The maximum absolute atomic E-state index is 5.34. The Hall–Kier alpha value is -1.35. The molecule has 0 spiro atoms. The second kappa shape index (κ2) is 4.45. The third-order valence-electron chi connectivity index (χ3n) is 2.62. The summed E-state index contributed by atoms with van der Waals surface area (Å²) in [7, 11) is 1.93. The van der Waals surface area contributed by atoms with Crippen molar-refractivity contribution in [2.24, 2.45) is 5.16 Å². The zero-order valence-electron chi connectivity index (χ0n) is 9.16. The third-order valence-corrected chi connectivity index (χ3v) is 2.62. The molecule has 0 aromatic heterocycles. The number of hydrogen-bond donors (Lipinski definition) is 1. The topological polar surface area (TPSA) is 33.6 Å². The standard InChI is InChI=1S/C12H16N2O/c1-9-5-3-4-6-11(9)12-7-10(8-13-2)15-14-12/h3-6,10,13H,7-8H2,1-2H3. The molecule has 1 N–H and O–H groups in total. The van der Waals surface area contributed by atoms with Crippen LogP contribution in [0.2, 0.25) is 0 Å². The molecular weight excluding hydrogens is 188 g/mol. The van der Waals surface area contributed by atoms with Gasteiger partial charge in [0, 0.05) is 18.5 Å². The number of rotatable bonds is 3. The van der Waals surface area contributed by atoms with Crippen molar-refractivity contribution in [2.45, 2.75) is 19.4 Å². The highest BCUT2D eigenvalue weighted by atomic mass is 16.6. The van der Waals surface area contributed by atoms with E-state index >= 15 is 0 Å². The normalized spacial score (nSPS) is 19.9. The Kier molecular flexibility index (Phi) is 3.02. The predicted molar refractivity (Wildman–Crippen MR) is 61.1 cm³/mol. The Bertz CT molecular complexity index is 374. The SMILES string of the molecule is CNCC1CC(c2ccccc2C)=NO1. The fourth-order valence-corrected chi connectivity index (χ4v) is 1.82. The Morgan fingerprint density at radius 1 is 1.47 bits per heavy atom. The van der Waals surface area contributed by atoms with Crippen LogP contribution in [0.25, 0.3) is 0 Å². The van der Waals surface area contributed by atoms with Crippen LogP contribution in [0, 0.1) is 6.92 Å². The number of aryl methyl sites for hydroxylation is 1. The van der Waals surface area contributed by atoms with Crippen LogP contribution in [0.4, 0.5) is 0 Å². The average Bonchev–Trinajstić information content (AvgIpc) is 2.68. The van der Waals surface area contributed by atoms with Gasteiger partial charge in [-0.3, -0.25) is 0 Å². The van der Waals surface area contributed by atoms with Crippen LogP contribution in [-0.4, -0.2) is 25.4 Å². The van der Waals surface area contributed by atoms with Gasteiger partial charge in [-0.2, -0.15) is 0 Å². The lowest BCUT2D eigenvalue weighted by Crippen LogP contribution is -2.23. The first kappa shape index (κ1) is 10.2. The molecule has 2 rings (SSSR count). The summed E-state index contributed by atoms with van der Waals surface area (Å²) in [6.07, 6.45) is 1.08. The molecule has 1 aliphatic heterocycles. The van der Waals surface area contributed by atoms with Crippen molar-refractivity contribution in [1.82, 2.24) is 5.32 Å². The molecule has 0 bridgehead atoms. The van der Waals surface area contributed by atoms with Crippen molar-refractivity contribution in [3.05, 3.63) is 35.4 Å². The van der Waals surface area contributed by atoms with Gasteiger partial charge in [-0.15, -0.1) is 0 Å². The van der Waals surface area contributed by atoms with Crippen molar-refractivity contribution >= 4 is 5.71 Å². The Morgan fingerprint density at radius 3 is 3.00 bits per heavy atom. The van der Waals surface area contributed by atoms with E-state index in [9.17, 15) is 0 Å². The number of benzene rings is 1. The highest BCUT2D eigenvalue weighted by Crippen LogP contribution is 2.18. The molecule has 1 unspecified atom stereocenters. The molecule has 1 aromatic carbocycles. The minimum atomic E-state index is 0.185. The van der Waals surface area contributed by atoms with E-state index in [4.69, 9.17) is 4.84 Å². The molecule has 1 heterocycles. The van der Waals surface area contributed by atoms with Crippen LogP contribution in [0.15, 0.2) is 29.4 Å². The highest BCUT2D eigenvalue weighted by Gasteiger charge is 2.21. The lowest BCUT2D eigenvalue weighted by Gasteiger charge is -2.06. The molecular formula is C12H16N2O. The fraction of sp³-hybridized carbons (Fsp3) is 0.417. The van der Waals surface area contributed by atoms with Crippen LogP contribution in [0.1, 0.15) is 17.5 Å². The molecule has 15 heavy (non-hydrogen) atoms. The number of likely N-dealkylation sites (N-methyl/N-ethyl adjacent to an activating group) is 1. The minimum Gasteiger partial charge on any atom is -0.390 e. The Morgan fingerprint density at radius 2 is 2.27 bits per heavy atom. The van der Waals surface area contributed by atoms with Crippen molar-refractivity contribution in [3.63, 3.8) is 0 Å². The van der Waals surface area contributed by atoms with E-state index in [-0.39, 0.29) is 6.10 Å². The summed E-state index contributed by atoms with van der Waals surface area (Å²) in [6, 6.07) is 8.28. The first-order chi connectivity index (χ1) is 7.31. The molecule has 0 fully saturated rings. The van der Waals surface area contributed by atoms with Gasteiger partial charge < -0.3 is 10.2 Å². The van der Waals surface area contributed by atoms with Gasteiger partial charge in [-0.1, -0.05) is 29.4 Å². The molecule has 1 atom stereocenters. The smallest absolute Gasteiger partial charge is 0.145 e.